The van der Waals surface area contributed by atoms with Crippen LogP contribution in [0.3, 0.4) is 0 Å². The first-order chi connectivity index (χ1) is 13.5. The van der Waals surface area contributed by atoms with Gasteiger partial charge in [-0.1, -0.05) is 17.7 Å². The number of aromatic nitrogens is 1. The second-order valence-electron chi connectivity index (χ2n) is 6.77. The molecule has 1 saturated heterocycles. The third-order valence-electron chi connectivity index (χ3n) is 4.63. The van der Waals surface area contributed by atoms with Crippen LogP contribution in [0.2, 0.25) is 0 Å². The van der Waals surface area contributed by atoms with Crippen molar-refractivity contribution in [3.05, 3.63) is 59.9 Å². The van der Waals surface area contributed by atoms with Crippen LogP contribution in [0, 0.1) is 6.92 Å². The monoisotopic (exact) mass is 381 g/mol. The Bertz CT molecular complexity index is 836. The van der Waals surface area contributed by atoms with Gasteiger partial charge in [-0.05, 0) is 50.5 Å². The standard InChI is InChI=1S/C21H23N3O4/c1-15-7-9-17(10-8-15)23-19(25)14-28-21(27)18-6-2-3-12-24(18)20(26)16-5-4-11-22-13-16/h4-5,7-11,13,18H,2-3,6,12,14H2,1H3,(H,23,25). The van der Waals surface area contributed by atoms with Crippen LogP contribution in [0.25, 0.3) is 0 Å². The van der Waals surface area contributed by atoms with Crippen molar-refractivity contribution in [3.63, 3.8) is 0 Å². The van der Waals surface area contributed by atoms with E-state index >= 15 is 0 Å². The van der Waals surface area contributed by atoms with Crippen LogP contribution in [-0.2, 0) is 14.3 Å². The molecule has 0 saturated carbocycles. The number of nitrogens with one attached hydrogen (secondary N) is 1. The van der Waals surface area contributed by atoms with Crippen molar-refractivity contribution in [2.75, 3.05) is 18.5 Å². The Morgan fingerprint density at radius 3 is 2.68 bits per heavy atom. The second kappa shape index (κ2) is 9.12. The van der Waals surface area contributed by atoms with Gasteiger partial charge < -0.3 is 15.0 Å². The van der Waals surface area contributed by atoms with Crippen LogP contribution in [0.5, 0.6) is 0 Å². The van der Waals surface area contributed by atoms with Crippen molar-refractivity contribution in [2.24, 2.45) is 0 Å². The highest BCUT2D eigenvalue weighted by atomic mass is 16.5. The maximum absolute atomic E-state index is 12.7. The third kappa shape index (κ3) is 4.94. The topological polar surface area (TPSA) is 88.6 Å². The summed E-state index contributed by atoms with van der Waals surface area (Å²) in [6.45, 7) is 2.04. The predicted octanol–water partition coefficient (Wildman–Crippen LogP) is 2.57. The van der Waals surface area contributed by atoms with Gasteiger partial charge >= 0.3 is 5.97 Å². The van der Waals surface area contributed by atoms with E-state index in [1.165, 1.54) is 11.1 Å². The molecule has 0 radical (unpaired) electrons. The molecule has 1 N–H and O–H groups in total. The van der Waals surface area contributed by atoms with E-state index in [0.29, 0.717) is 24.2 Å². The zero-order chi connectivity index (χ0) is 19.9. The lowest BCUT2D eigenvalue weighted by Crippen LogP contribution is -2.49. The molecule has 1 unspecified atom stereocenters. The molecule has 2 heterocycles. The largest absolute Gasteiger partial charge is 0.454 e. The van der Waals surface area contributed by atoms with Gasteiger partial charge in [-0.25, -0.2) is 4.79 Å². The Morgan fingerprint density at radius 1 is 1.18 bits per heavy atom. The maximum Gasteiger partial charge on any atom is 0.329 e. The van der Waals surface area contributed by atoms with E-state index in [9.17, 15) is 14.4 Å². The van der Waals surface area contributed by atoms with Gasteiger partial charge in [-0.3, -0.25) is 14.6 Å². The lowest BCUT2D eigenvalue weighted by atomic mass is 10.0. The summed E-state index contributed by atoms with van der Waals surface area (Å²) in [7, 11) is 0. The van der Waals surface area contributed by atoms with Gasteiger partial charge in [0, 0.05) is 24.6 Å². The van der Waals surface area contributed by atoms with Crippen LogP contribution < -0.4 is 5.32 Å². The van der Waals surface area contributed by atoms with Crippen molar-refractivity contribution < 1.29 is 19.1 Å². The van der Waals surface area contributed by atoms with E-state index in [4.69, 9.17) is 4.74 Å². The summed E-state index contributed by atoms with van der Waals surface area (Å²) in [4.78, 5) is 42.8. The van der Waals surface area contributed by atoms with Crippen LogP contribution in [0.1, 0.15) is 35.2 Å². The van der Waals surface area contributed by atoms with Crippen LogP contribution in [-0.4, -0.2) is 46.9 Å². The number of esters is 1. The van der Waals surface area contributed by atoms with Gasteiger partial charge in [0.25, 0.3) is 11.8 Å². The first-order valence-electron chi connectivity index (χ1n) is 9.29. The number of pyridine rings is 1. The normalized spacial score (nSPS) is 16.3. The number of amides is 2. The van der Waals surface area contributed by atoms with E-state index in [0.717, 1.165) is 18.4 Å². The number of piperidine rings is 1. The highest BCUT2D eigenvalue weighted by Gasteiger charge is 2.34. The van der Waals surface area contributed by atoms with Gasteiger partial charge in [-0.2, -0.15) is 0 Å². The highest BCUT2D eigenvalue weighted by Crippen LogP contribution is 2.20. The molecule has 2 amide bonds. The summed E-state index contributed by atoms with van der Waals surface area (Å²) >= 11 is 0. The van der Waals surface area contributed by atoms with Crippen molar-refractivity contribution >= 4 is 23.5 Å². The molecule has 2 aromatic rings. The average molecular weight is 381 g/mol. The van der Waals surface area contributed by atoms with Gasteiger partial charge in [-0.15, -0.1) is 0 Å². The third-order valence-corrected chi connectivity index (χ3v) is 4.63. The molecule has 1 aromatic carbocycles. The molecule has 3 rings (SSSR count). The fourth-order valence-corrected chi connectivity index (χ4v) is 3.14. The average Bonchev–Trinajstić information content (AvgIpc) is 2.74. The smallest absolute Gasteiger partial charge is 0.329 e. The zero-order valence-electron chi connectivity index (χ0n) is 15.8. The number of carbonyl (C=O) groups excluding carboxylic acids is 3. The van der Waals surface area contributed by atoms with Gasteiger partial charge in [0.1, 0.15) is 6.04 Å². The number of benzene rings is 1. The fraction of sp³-hybridized carbons (Fsp3) is 0.333. The summed E-state index contributed by atoms with van der Waals surface area (Å²) in [5.41, 5.74) is 2.15. The van der Waals surface area contributed by atoms with Crippen molar-refractivity contribution in [1.29, 1.82) is 0 Å². The van der Waals surface area contributed by atoms with Crippen LogP contribution >= 0.6 is 0 Å². The molecule has 1 fully saturated rings. The summed E-state index contributed by atoms with van der Waals surface area (Å²) in [5, 5.41) is 2.68. The van der Waals surface area contributed by atoms with Gasteiger partial charge in [0.05, 0.1) is 5.56 Å². The number of aryl methyl sites for hydroxylation is 1. The minimum Gasteiger partial charge on any atom is -0.454 e. The lowest BCUT2D eigenvalue weighted by Gasteiger charge is -2.34. The van der Waals surface area contributed by atoms with Crippen LogP contribution in [0.15, 0.2) is 48.8 Å². The Morgan fingerprint density at radius 2 is 1.96 bits per heavy atom. The van der Waals surface area contributed by atoms with E-state index in [-0.39, 0.29) is 5.91 Å². The minimum atomic E-state index is -0.686. The second-order valence-corrected chi connectivity index (χ2v) is 6.77. The van der Waals surface area contributed by atoms with E-state index in [2.05, 4.69) is 10.3 Å². The Balaban J connectivity index is 1.57. The first-order valence-corrected chi connectivity index (χ1v) is 9.29. The number of ether oxygens (including phenoxy) is 1. The summed E-state index contributed by atoms with van der Waals surface area (Å²) in [5.74, 6) is -1.23. The van der Waals surface area contributed by atoms with Crippen molar-refractivity contribution in [2.45, 2.75) is 32.2 Å². The summed E-state index contributed by atoms with van der Waals surface area (Å²) in [6, 6.07) is 9.99. The number of nitrogens with zero attached hydrogens (tertiary/aromatic N) is 2. The highest BCUT2D eigenvalue weighted by molar-refractivity contribution is 5.97. The van der Waals surface area contributed by atoms with E-state index < -0.39 is 24.5 Å². The molecule has 7 nitrogen and oxygen atoms in total. The molecule has 0 spiro atoms. The number of likely N-dealkylation sites (tertiary alicyclic amines) is 1. The van der Waals surface area contributed by atoms with Crippen molar-refractivity contribution in [1.82, 2.24) is 9.88 Å². The molecule has 146 valence electrons. The van der Waals surface area contributed by atoms with Gasteiger partial charge in [0.2, 0.25) is 0 Å². The van der Waals surface area contributed by atoms with Gasteiger partial charge in [0.15, 0.2) is 6.61 Å². The quantitative estimate of drug-likeness (QED) is 0.804. The zero-order valence-corrected chi connectivity index (χ0v) is 15.8. The molecule has 0 bridgehead atoms. The number of rotatable bonds is 5. The molecular weight excluding hydrogens is 358 g/mol. The Hall–Kier alpha value is -3.22. The Kier molecular flexibility index (Phi) is 6.37. The molecule has 1 aliphatic heterocycles. The number of carbonyl (C=O) groups is 3. The SMILES string of the molecule is Cc1ccc(NC(=O)COC(=O)C2CCCCN2C(=O)c2cccnc2)cc1. The first kappa shape index (κ1) is 19.5. The molecule has 1 aliphatic rings. The van der Waals surface area contributed by atoms with Crippen LogP contribution in [0.4, 0.5) is 5.69 Å². The Labute approximate surface area is 163 Å². The summed E-state index contributed by atoms with van der Waals surface area (Å²) < 4.78 is 5.20. The summed E-state index contributed by atoms with van der Waals surface area (Å²) in [6.07, 6.45) is 5.24. The molecule has 0 aliphatic carbocycles. The molecular formula is C21H23N3O4. The van der Waals surface area contributed by atoms with Crippen molar-refractivity contribution in [3.8, 4) is 0 Å². The number of hydrogen-bond donors (Lipinski definition) is 1. The lowest BCUT2D eigenvalue weighted by molar-refractivity contribution is -0.153. The minimum absolute atomic E-state index is 0.251. The maximum atomic E-state index is 12.7. The molecule has 1 aromatic heterocycles. The van der Waals surface area contributed by atoms with E-state index in [1.54, 1.807) is 30.5 Å². The molecule has 1 atom stereocenters. The van der Waals surface area contributed by atoms with E-state index in [1.807, 2.05) is 19.1 Å². The number of hydrogen-bond acceptors (Lipinski definition) is 5. The fourth-order valence-electron chi connectivity index (χ4n) is 3.14. The molecule has 28 heavy (non-hydrogen) atoms. The number of anilines is 1. The molecule has 7 heteroatoms. The predicted molar refractivity (Wildman–Crippen MR) is 104 cm³/mol.